The molecule has 0 aliphatic heterocycles. The van der Waals surface area contributed by atoms with Crippen LogP contribution in [0, 0.1) is 11.3 Å². The fraction of sp³-hybridized carbons (Fsp3) is 0.444. The summed E-state index contributed by atoms with van der Waals surface area (Å²) in [6.45, 7) is 2.31. The first kappa shape index (κ1) is 15.1. The molecule has 8 heteroatoms. The zero-order chi connectivity index (χ0) is 12.5. The molecule has 1 atom stereocenters. The summed E-state index contributed by atoms with van der Waals surface area (Å²) in [6, 6.07) is 4.04. The molecule has 0 saturated heterocycles. The van der Waals surface area contributed by atoms with Crippen LogP contribution in [0.5, 0.6) is 5.75 Å². The van der Waals surface area contributed by atoms with Gasteiger partial charge in [-0.3, -0.25) is 4.18 Å². The Morgan fingerprint density at radius 2 is 2.41 bits per heavy atom. The second-order valence-corrected chi connectivity index (χ2v) is 6.99. The van der Waals surface area contributed by atoms with E-state index in [4.69, 9.17) is 18.7 Å². The summed E-state index contributed by atoms with van der Waals surface area (Å²) in [5, 5.41) is 8.96. The van der Waals surface area contributed by atoms with E-state index in [2.05, 4.69) is 13.0 Å². The maximum Gasteiger partial charge on any atom is 0.162 e. The Labute approximate surface area is 115 Å². The van der Waals surface area contributed by atoms with E-state index in [1.807, 2.05) is 6.07 Å². The summed E-state index contributed by atoms with van der Waals surface area (Å²) in [5.74, 6) is 1.62. The number of rotatable bonds is 8. The van der Waals surface area contributed by atoms with Crippen LogP contribution >= 0.6 is 42.8 Å². The van der Waals surface area contributed by atoms with E-state index in [-0.39, 0.29) is 14.8 Å². The Morgan fingerprint density at radius 3 is 3.06 bits per heavy atom. The molecule has 1 rings (SSSR count). The highest BCUT2D eigenvalue weighted by atomic mass is 32.7. The molecule has 0 N–H and O–H groups in total. The highest BCUT2D eigenvalue weighted by Gasteiger charge is 2.10. The van der Waals surface area contributed by atoms with E-state index >= 15 is 0 Å². The first-order chi connectivity index (χ1) is 8.31. The smallest absolute Gasteiger partial charge is 0.162 e. The third kappa shape index (κ3) is 5.47. The average Bonchev–Trinajstić information content (AvgIpc) is 2.72. The van der Waals surface area contributed by atoms with E-state index in [1.54, 1.807) is 18.9 Å². The number of methoxy groups -OCH3 is 1. The lowest BCUT2D eigenvalue weighted by atomic mass is 10.5. The lowest BCUT2D eigenvalue weighted by Crippen LogP contribution is -1.86. The van der Waals surface area contributed by atoms with Crippen LogP contribution in [0.4, 0.5) is 0 Å². The fourth-order valence-corrected chi connectivity index (χ4v) is 4.02. The van der Waals surface area contributed by atoms with Gasteiger partial charge in [-0.2, -0.15) is 5.26 Å². The first-order valence-electron chi connectivity index (χ1n) is 4.67. The molecular weight excluding hydrogens is 297 g/mol. The van der Waals surface area contributed by atoms with Gasteiger partial charge >= 0.3 is 0 Å². The summed E-state index contributed by atoms with van der Waals surface area (Å²) in [7, 11) is 1.66. The number of nitrogens with zero attached hydrogens (tertiary/aromatic N) is 1. The molecule has 0 aliphatic carbocycles. The molecule has 94 valence electrons. The average molecular weight is 309 g/mol. The topological polar surface area (TPSA) is 51.5 Å². The molecule has 17 heavy (non-hydrogen) atoms. The van der Waals surface area contributed by atoms with Gasteiger partial charge in [-0.25, -0.2) is 0 Å². The van der Waals surface area contributed by atoms with Crippen LogP contribution in [-0.4, -0.2) is 19.7 Å². The van der Waals surface area contributed by atoms with Crippen molar-refractivity contribution in [3.8, 4) is 11.8 Å². The van der Waals surface area contributed by atoms with Crippen LogP contribution in [-0.2, 0) is 8.92 Å². The minimum Gasteiger partial charge on any atom is -0.462 e. The van der Waals surface area contributed by atoms with Crippen molar-refractivity contribution < 1.29 is 13.4 Å². The zero-order valence-corrected chi connectivity index (χ0v) is 12.8. The second-order valence-electron chi connectivity index (χ2n) is 2.60. The van der Waals surface area contributed by atoms with Gasteiger partial charge in [0.15, 0.2) is 20.6 Å². The highest BCUT2D eigenvalue weighted by molar-refractivity contribution is 8.45. The Balaban J connectivity index is 2.43. The summed E-state index contributed by atoms with van der Waals surface area (Å²) < 4.78 is 16.3. The number of nitriles is 1. The van der Waals surface area contributed by atoms with Crippen molar-refractivity contribution in [3.63, 3.8) is 0 Å². The van der Waals surface area contributed by atoms with Gasteiger partial charge in [-0.05, 0) is 5.75 Å². The lowest BCUT2D eigenvalue weighted by Gasteiger charge is -2.02. The molecular formula is C9H12NO3PS3. The number of thioether (sulfide) groups is 1. The fourth-order valence-electron chi connectivity index (χ4n) is 0.878. The first-order valence-corrected chi connectivity index (χ1v) is 8.85. The standard InChI is InChI=1S/C9H12NO3PS3/c1-3-15-9-4-7(8(5-10)16-9)13-14-17-12-6-11-2/h4,14H,3,6H2,1-2H3. The molecule has 0 aromatic carbocycles. The SMILES string of the molecule is CCSc1cc(OPSOCOC)c(C#N)s1. The van der Waals surface area contributed by atoms with Crippen molar-refractivity contribution in [1.82, 2.24) is 0 Å². The Morgan fingerprint density at radius 1 is 1.59 bits per heavy atom. The summed E-state index contributed by atoms with van der Waals surface area (Å²) in [4.78, 5) is 0.612. The molecule has 0 aliphatic rings. The Kier molecular flexibility index (Phi) is 8.02. The van der Waals surface area contributed by atoms with Gasteiger partial charge in [-0.1, -0.05) is 6.92 Å². The number of hydrogen-bond donors (Lipinski definition) is 0. The van der Waals surface area contributed by atoms with E-state index in [1.165, 1.54) is 23.0 Å². The number of thiophene rings is 1. The van der Waals surface area contributed by atoms with Crippen molar-refractivity contribution >= 4 is 42.8 Å². The molecule has 0 saturated carbocycles. The quantitative estimate of drug-likeness (QED) is 0.239. The van der Waals surface area contributed by atoms with Crippen molar-refractivity contribution in [2.24, 2.45) is 0 Å². The number of hydrogen-bond acceptors (Lipinski definition) is 7. The lowest BCUT2D eigenvalue weighted by molar-refractivity contribution is 0.0683. The third-order valence-corrected chi connectivity index (χ3v) is 4.98. The molecule has 1 aromatic heterocycles. The molecule has 4 nitrogen and oxygen atoms in total. The summed E-state index contributed by atoms with van der Waals surface area (Å²) >= 11 is 4.35. The van der Waals surface area contributed by atoms with Gasteiger partial charge in [-0.15, -0.1) is 23.1 Å². The van der Waals surface area contributed by atoms with E-state index in [0.29, 0.717) is 10.6 Å². The van der Waals surface area contributed by atoms with E-state index in [9.17, 15) is 0 Å². The Bertz CT molecular complexity index is 380. The maximum atomic E-state index is 8.96. The third-order valence-electron chi connectivity index (χ3n) is 1.47. The minimum atomic E-state index is 0.0951. The van der Waals surface area contributed by atoms with Crippen molar-refractivity contribution in [2.45, 2.75) is 11.1 Å². The molecule has 1 aromatic rings. The van der Waals surface area contributed by atoms with Crippen LogP contribution < -0.4 is 4.52 Å². The van der Waals surface area contributed by atoms with Crippen LogP contribution in [0.15, 0.2) is 10.3 Å². The Hall–Kier alpha value is 0.0400. The van der Waals surface area contributed by atoms with Gasteiger partial charge in [0.2, 0.25) is 0 Å². The summed E-state index contributed by atoms with van der Waals surface area (Å²) in [5.41, 5.74) is 0. The molecule has 0 spiro atoms. The van der Waals surface area contributed by atoms with Gasteiger partial charge in [0, 0.05) is 13.2 Å². The molecule has 1 heterocycles. The van der Waals surface area contributed by atoms with Gasteiger partial charge in [0.1, 0.15) is 10.9 Å². The van der Waals surface area contributed by atoms with Gasteiger partial charge in [0.25, 0.3) is 0 Å². The van der Waals surface area contributed by atoms with Gasteiger partial charge in [0.05, 0.1) is 15.9 Å². The van der Waals surface area contributed by atoms with E-state index < -0.39 is 0 Å². The van der Waals surface area contributed by atoms with Crippen molar-refractivity contribution in [1.29, 1.82) is 5.26 Å². The van der Waals surface area contributed by atoms with Crippen molar-refractivity contribution in [3.05, 3.63) is 10.9 Å². The molecule has 1 unspecified atom stereocenters. The molecule has 0 radical (unpaired) electrons. The largest absolute Gasteiger partial charge is 0.462 e. The molecule has 0 bridgehead atoms. The van der Waals surface area contributed by atoms with Crippen LogP contribution in [0.3, 0.4) is 0 Å². The maximum absolute atomic E-state index is 8.96. The van der Waals surface area contributed by atoms with Crippen LogP contribution in [0.1, 0.15) is 11.8 Å². The van der Waals surface area contributed by atoms with Crippen LogP contribution in [0.25, 0.3) is 0 Å². The van der Waals surface area contributed by atoms with Gasteiger partial charge < -0.3 is 9.26 Å². The highest BCUT2D eigenvalue weighted by Crippen LogP contribution is 2.40. The predicted molar refractivity (Wildman–Crippen MR) is 74.9 cm³/mol. The monoisotopic (exact) mass is 309 g/mol. The van der Waals surface area contributed by atoms with E-state index in [0.717, 1.165) is 9.96 Å². The van der Waals surface area contributed by atoms with Crippen molar-refractivity contribution in [2.75, 3.05) is 19.7 Å². The second kappa shape index (κ2) is 9.03. The predicted octanol–water partition coefficient (Wildman–Crippen LogP) is 3.89. The molecule has 0 fully saturated rings. The molecule has 0 amide bonds. The number of ether oxygens (including phenoxy) is 1. The zero-order valence-electron chi connectivity index (χ0n) is 9.39. The van der Waals surface area contributed by atoms with Crippen LogP contribution in [0.2, 0.25) is 0 Å². The minimum absolute atomic E-state index is 0.0951. The summed E-state index contributed by atoms with van der Waals surface area (Å²) in [6.07, 6.45) is 0. The normalized spacial score (nSPS) is 10.9.